The van der Waals surface area contributed by atoms with Crippen LogP contribution in [0.2, 0.25) is 0 Å². The van der Waals surface area contributed by atoms with Crippen molar-refractivity contribution in [2.45, 2.75) is 18.9 Å². The molecule has 1 atom stereocenters. The number of hydrogen-bond acceptors (Lipinski definition) is 3. The minimum absolute atomic E-state index is 0.00683. The number of carbonyl (C=O) groups excluding carboxylic acids is 1. The highest BCUT2D eigenvalue weighted by Gasteiger charge is 2.28. The van der Waals surface area contributed by atoms with Crippen LogP contribution in [0.1, 0.15) is 24.5 Å². The van der Waals surface area contributed by atoms with E-state index in [0.717, 1.165) is 22.9 Å². The fourth-order valence-electron chi connectivity index (χ4n) is 3.18. The molecule has 3 rings (SSSR count). The Balaban J connectivity index is 1.47. The van der Waals surface area contributed by atoms with Crippen molar-refractivity contribution in [1.82, 2.24) is 4.90 Å². The summed E-state index contributed by atoms with van der Waals surface area (Å²) in [5, 5.41) is 10.5. The van der Waals surface area contributed by atoms with Crippen molar-refractivity contribution in [3.63, 3.8) is 0 Å². The summed E-state index contributed by atoms with van der Waals surface area (Å²) in [5.74, 6) is 0.863. The van der Waals surface area contributed by atoms with Gasteiger partial charge in [0, 0.05) is 17.6 Å². The lowest BCUT2D eigenvalue weighted by molar-refractivity contribution is -0.135. The lowest BCUT2D eigenvalue weighted by Gasteiger charge is -2.34. The Hall–Kier alpha value is -1.85. The molecule has 0 spiro atoms. The summed E-state index contributed by atoms with van der Waals surface area (Å²) in [7, 11) is 0. The van der Waals surface area contributed by atoms with Crippen molar-refractivity contribution >= 4 is 21.8 Å². The average Bonchev–Trinajstić information content (AvgIpc) is 2.66. The molecule has 0 saturated carbocycles. The zero-order valence-electron chi connectivity index (χ0n) is 14.0. The number of aliphatic hydroxyl groups is 1. The first-order chi connectivity index (χ1) is 12.1. The predicted molar refractivity (Wildman–Crippen MR) is 100 cm³/mol. The second-order valence-electron chi connectivity index (χ2n) is 6.32. The van der Waals surface area contributed by atoms with Crippen LogP contribution in [0.5, 0.6) is 5.75 Å². The van der Waals surface area contributed by atoms with Gasteiger partial charge in [0.05, 0.1) is 6.10 Å². The maximum atomic E-state index is 12.3. The summed E-state index contributed by atoms with van der Waals surface area (Å²) >= 11 is 3.39. The number of nitrogens with zero attached hydrogens (tertiary/aromatic N) is 1. The summed E-state index contributed by atoms with van der Waals surface area (Å²) in [6.07, 6.45) is 1.15. The number of piperidine rings is 1. The number of rotatable bonds is 5. The maximum absolute atomic E-state index is 12.3. The predicted octanol–water partition coefficient (Wildman–Crippen LogP) is 3.80. The summed E-state index contributed by atoms with van der Waals surface area (Å²) in [6.45, 7) is 1.37. The molecule has 2 aromatic rings. The maximum Gasteiger partial charge on any atom is 0.260 e. The van der Waals surface area contributed by atoms with Gasteiger partial charge in [-0.05, 0) is 42.5 Å². The Morgan fingerprint density at radius 3 is 2.56 bits per heavy atom. The van der Waals surface area contributed by atoms with E-state index in [1.807, 2.05) is 59.5 Å². The molecular formula is C20H22BrNO3. The van der Waals surface area contributed by atoms with E-state index in [1.54, 1.807) is 0 Å². The van der Waals surface area contributed by atoms with Crippen LogP contribution in [0.4, 0.5) is 0 Å². The van der Waals surface area contributed by atoms with Gasteiger partial charge in [0.2, 0.25) is 0 Å². The smallest absolute Gasteiger partial charge is 0.260 e. The highest BCUT2D eigenvalue weighted by Crippen LogP contribution is 2.30. The van der Waals surface area contributed by atoms with Crippen LogP contribution in [-0.2, 0) is 4.79 Å². The Bertz CT molecular complexity index is 699. The largest absolute Gasteiger partial charge is 0.484 e. The molecule has 1 heterocycles. The molecule has 5 heteroatoms. The number of likely N-dealkylation sites (tertiary alicyclic amines) is 1. The second kappa shape index (κ2) is 8.50. The number of hydrogen-bond donors (Lipinski definition) is 1. The molecule has 1 N–H and O–H groups in total. The molecule has 1 unspecified atom stereocenters. The molecule has 132 valence electrons. The Kier molecular flexibility index (Phi) is 6.10. The zero-order valence-corrected chi connectivity index (χ0v) is 15.6. The fraction of sp³-hybridized carbons (Fsp3) is 0.350. The van der Waals surface area contributed by atoms with Gasteiger partial charge in [-0.2, -0.15) is 0 Å². The van der Waals surface area contributed by atoms with Crippen molar-refractivity contribution in [3.8, 4) is 5.75 Å². The standard InChI is InChI=1S/C20H22BrNO3/c21-17-7-4-8-18(13-17)25-14-19(23)22-11-9-16(10-12-22)20(24)15-5-2-1-3-6-15/h1-8,13,16,20,24H,9-12,14H2. The van der Waals surface area contributed by atoms with Crippen LogP contribution in [0.15, 0.2) is 59.1 Å². The first-order valence-corrected chi connectivity index (χ1v) is 9.32. The molecule has 2 aromatic carbocycles. The Morgan fingerprint density at radius 1 is 1.16 bits per heavy atom. The van der Waals surface area contributed by atoms with Crippen molar-refractivity contribution in [2.24, 2.45) is 5.92 Å². The molecule has 1 aliphatic rings. The summed E-state index contributed by atoms with van der Waals surface area (Å²) in [6, 6.07) is 17.2. The van der Waals surface area contributed by atoms with Gasteiger partial charge in [0.25, 0.3) is 5.91 Å². The van der Waals surface area contributed by atoms with Crippen LogP contribution in [-0.4, -0.2) is 35.6 Å². The Labute approximate surface area is 156 Å². The molecule has 1 aliphatic heterocycles. The first-order valence-electron chi connectivity index (χ1n) is 8.52. The third kappa shape index (κ3) is 4.83. The normalized spacial score (nSPS) is 16.5. The number of benzene rings is 2. The van der Waals surface area contributed by atoms with Gasteiger partial charge in [-0.1, -0.05) is 52.3 Å². The zero-order chi connectivity index (χ0) is 17.6. The quantitative estimate of drug-likeness (QED) is 0.825. The molecule has 1 fully saturated rings. The summed E-state index contributed by atoms with van der Waals surface area (Å²) < 4.78 is 6.50. The Morgan fingerprint density at radius 2 is 1.88 bits per heavy atom. The van der Waals surface area contributed by atoms with E-state index in [2.05, 4.69) is 15.9 Å². The molecule has 0 aromatic heterocycles. The van der Waals surface area contributed by atoms with Crippen molar-refractivity contribution in [1.29, 1.82) is 0 Å². The second-order valence-corrected chi connectivity index (χ2v) is 7.24. The highest BCUT2D eigenvalue weighted by atomic mass is 79.9. The molecule has 25 heavy (non-hydrogen) atoms. The topological polar surface area (TPSA) is 49.8 Å². The third-order valence-corrected chi connectivity index (χ3v) is 5.13. The molecule has 1 saturated heterocycles. The average molecular weight is 404 g/mol. The van der Waals surface area contributed by atoms with Gasteiger partial charge in [-0.25, -0.2) is 0 Å². The molecular weight excluding hydrogens is 382 g/mol. The number of halogens is 1. The van der Waals surface area contributed by atoms with Gasteiger partial charge in [0.1, 0.15) is 5.75 Å². The number of amides is 1. The summed E-state index contributed by atoms with van der Waals surface area (Å²) in [4.78, 5) is 14.2. The van der Waals surface area contributed by atoms with Crippen LogP contribution in [0.3, 0.4) is 0 Å². The van der Waals surface area contributed by atoms with Crippen LogP contribution in [0, 0.1) is 5.92 Å². The van der Waals surface area contributed by atoms with Crippen LogP contribution >= 0.6 is 15.9 Å². The van der Waals surface area contributed by atoms with E-state index in [-0.39, 0.29) is 18.4 Å². The molecule has 0 bridgehead atoms. The SMILES string of the molecule is O=C(COc1cccc(Br)c1)N1CCC(C(O)c2ccccc2)CC1. The number of carbonyl (C=O) groups is 1. The highest BCUT2D eigenvalue weighted by molar-refractivity contribution is 9.10. The van der Waals surface area contributed by atoms with Gasteiger partial charge in [-0.15, -0.1) is 0 Å². The first kappa shape index (κ1) is 18.0. The van der Waals surface area contributed by atoms with Crippen LogP contribution < -0.4 is 4.74 Å². The van der Waals surface area contributed by atoms with Crippen molar-refractivity contribution in [3.05, 3.63) is 64.6 Å². The number of ether oxygens (including phenoxy) is 1. The fourth-order valence-corrected chi connectivity index (χ4v) is 3.56. The molecule has 4 nitrogen and oxygen atoms in total. The number of aliphatic hydroxyl groups excluding tert-OH is 1. The van der Waals surface area contributed by atoms with E-state index >= 15 is 0 Å². The van der Waals surface area contributed by atoms with E-state index < -0.39 is 6.10 Å². The minimum Gasteiger partial charge on any atom is -0.484 e. The van der Waals surface area contributed by atoms with Gasteiger partial charge in [-0.3, -0.25) is 4.79 Å². The van der Waals surface area contributed by atoms with Crippen molar-refractivity contribution in [2.75, 3.05) is 19.7 Å². The monoisotopic (exact) mass is 403 g/mol. The van der Waals surface area contributed by atoms with E-state index in [0.29, 0.717) is 18.8 Å². The van der Waals surface area contributed by atoms with Gasteiger partial charge in [0.15, 0.2) is 6.61 Å². The third-order valence-electron chi connectivity index (χ3n) is 4.64. The van der Waals surface area contributed by atoms with Gasteiger partial charge >= 0.3 is 0 Å². The molecule has 1 amide bonds. The van der Waals surface area contributed by atoms with E-state index in [9.17, 15) is 9.90 Å². The van der Waals surface area contributed by atoms with Gasteiger partial charge < -0.3 is 14.7 Å². The molecule has 0 aliphatic carbocycles. The van der Waals surface area contributed by atoms with Crippen molar-refractivity contribution < 1.29 is 14.6 Å². The molecule has 0 radical (unpaired) electrons. The summed E-state index contributed by atoms with van der Waals surface area (Å²) in [5.41, 5.74) is 0.949. The lowest BCUT2D eigenvalue weighted by atomic mass is 9.87. The van der Waals surface area contributed by atoms with Crippen LogP contribution in [0.25, 0.3) is 0 Å². The van der Waals surface area contributed by atoms with E-state index in [4.69, 9.17) is 4.74 Å². The van der Waals surface area contributed by atoms with E-state index in [1.165, 1.54) is 0 Å². The minimum atomic E-state index is -0.462. The lowest BCUT2D eigenvalue weighted by Crippen LogP contribution is -2.42.